The average Bonchev–Trinajstić information content (AvgIpc) is 1.66. The quantitative estimate of drug-likeness (QED) is 0.384. The minimum Gasteiger partial charge on any atom is -0.164 e. The second-order valence-corrected chi connectivity index (χ2v) is 1.88. The molecule has 0 aliphatic rings. The van der Waals surface area contributed by atoms with E-state index in [0.29, 0.717) is 5.92 Å². The third-order valence-corrected chi connectivity index (χ3v) is 0.547. The van der Waals surface area contributed by atoms with E-state index in [1.54, 1.807) is 12.4 Å². The van der Waals surface area contributed by atoms with Crippen LogP contribution in [0.2, 0.25) is 0 Å². The Morgan fingerprint density at radius 1 is 1.25 bits per heavy atom. The summed E-state index contributed by atoms with van der Waals surface area (Å²) in [5.41, 5.74) is 0. The van der Waals surface area contributed by atoms with Crippen molar-refractivity contribution < 1.29 is 0 Å². The first-order chi connectivity index (χ1) is 3.77. The molecular weight excluding hydrogens is 100 g/mol. The molecule has 0 heterocycles. The summed E-state index contributed by atoms with van der Waals surface area (Å²) in [5.74, 6) is 0.499. The summed E-state index contributed by atoms with van der Waals surface area (Å²) in [6.07, 6.45) is 3.47. The van der Waals surface area contributed by atoms with Crippen LogP contribution in [0.1, 0.15) is 20.8 Å². The molecule has 0 bridgehead atoms. The molecule has 2 heteroatoms. The van der Waals surface area contributed by atoms with Gasteiger partial charge in [-0.15, -0.1) is 0 Å². The maximum atomic E-state index is 3.73. The molecule has 46 valence electrons. The third-order valence-electron chi connectivity index (χ3n) is 0.547. The summed E-state index contributed by atoms with van der Waals surface area (Å²) in [5, 5.41) is 7.39. The Morgan fingerprint density at radius 3 is 2.25 bits per heavy atom. The summed E-state index contributed by atoms with van der Waals surface area (Å²) >= 11 is 0. The molecule has 0 aliphatic carbocycles. The van der Waals surface area contributed by atoms with Crippen molar-refractivity contribution in [2.75, 3.05) is 0 Å². The van der Waals surface area contributed by atoms with Crippen LogP contribution < -0.4 is 0 Å². The summed E-state index contributed by atoms with van der Waals surface area (Å²) in [6, 6.07) is 0. The lowest BCUT2D eigenvalue weighted by molar-refractivity contribution is 0.900. The van der Waals surface area contributed by atoms with Gasteiger partial charge in [-0.2, -0.15) is 10.2 Å². The molecule has 0 unspecified atom stereocenters. The Labute approximate surface area is 50.3 Å². The molecule has 0 spiro atoms. The first kappa shape index (κ1) is 7.34. The largest absolute Gasteiger partial charge is 0.164 e. The van der Waals surface area contributed by atoms with E-state index >= 15 is 0 Å². The van der Waals surface area contributed by atoms with E-state index in [-0.39, 0.29) is 0 Å². The number of hydrogen-bond acceptors (Lipinski definition) is 2. The lowest BCUT2D eigenvalue weighted by atomic mass is 10.3. The van der Waals surface area contributed by atoms with Crippen LogP contribution in [0.3, 0.4) is 0 Å². The molecule has 0 fully saturated rings. The highest BCUT2D eigenvalue weighted by atomic mass is 15.2. The van der Waals surface area contributed by atoms with Crippen LogP contribution in [0.15, 0.2) is 10.2 Å². The van der Waals surface area contributed by atoms with E-state index in [0.717, 1.165) is 0 Å². The molecule has 0 aromatic rings. The van der Waals surface area contributed by atoms with Gasteiger partial charge in [-0.25, -0.2) is 0 Å². The maximum Gasteiger partial charge on any atom is 0.0295 e. The van der Waals surface area contributed by atoms with Gasteiger partial charge in [-0.1, -0.05) is 13.8 Å². The lowest BCUT2D eigenvalue weighted by Crippen LogP contribution is -1.84. The predicted octanol–water partition coefficient (Wildman–Crippen LogP) is 1.72. The summed E-state index contributed by atoms with van der Waals surface area (Å²) in [4.78, 5) is 0. The minimum absolute atomic E-state index is 0.499. The molecular formula is C6H12N2. The zero-order valence-electron chi connectivity index (χ0n) is 5.63. The third kappa shape index (κ3) is 5.34. The Hall–Kier alpha value is -0.660. The van der Waals surface area contributed by atoms with Crippen molar-refractivity contribution in [1.82, 2.24) is 0 Å². The minimum atomic E-state index is 0.499. The molecule has 0 radical (unpaired) electrons. The van der Waals surface area contributed by atoms with Crippen LogP contribution in [0, 0.1) is 5.92 Å². The number of hydrogen-bond donors (Lipinski definition) is 0. The van der Waals surface area contributed by atoms with E-state index in [4.69, 9.17) is 0 Å². The SMILES string of the molecule is C/C=N\N=C/C(C)C. The molecule has 0 aromatic carbocycles. The van der Waals surface area contributed by atoms with Crippen LogP contribution in [0.25, 0.3) is 0 Å². The topological polar surface area (TPSA) is 24.7 Å². The Bertz CT molecular complexity index is 92.7. The highest BCUT2D eigenvalue weighted by Crippen LogP contribution is 1.83. The summed E-state index contributed by atoms with van der Waals surface area (Å²) in [7, 11) is 0. The van der Waals surface area contributed by atoms with E-state index in [2.05, 4.69) is 24.1 Å². The second kappa shape index (κ2) is 4.50. The highest BCUT2D eigenvalue weighted by Gasteiger charge is 1.80. The van der Waals surface area contributed by atoms with Crippen molar-refractivity contribution >= 4 is 12.4 Å². The normalized spacial score (nSPS) is 12.5. The molecule has 2 nitrogen and oxygen atoms in total. The van der Waals surface area contributed by atoms with E-state index < -0.39 is 0 Å². The Balaban J connectivity index is 3.34. The monoisotopic (exact) mass is 112 g/mol. The molecule has 0 rings (SSSR count). The van der Waals surface area contributed by atoms with Crippen LogP contribution in [0.5, 0.6) is 0 Å². The fourth-order valence-corrected chi connectivity index (χ4v) is 0.238. The van der Waals surface area contributed by atoms with Gasteiger partial charge < -0.3 is 0 Å². The number of rotatable bonds is 2. The summed E-state index contributed by atoms with van der Waals surface area (Å²) < 4.78 is 0. The Kier molecular flexibility index (Phi) is 4.13. The van der Waals surface area contributed by atoms with Gasteiger partial charge in [0.1, 0.15) is 0 Å². The molecule has 0 amide bonds. The van der Waals surface area contributed by atoms with E-state index in [1.807, 2.05) is 6.92 Å². The van der Waals surface area contributed by atoms with Crippen molar-refractivity contribution in [2.24, 2.45) is 16.1 Å². The standard InChI is InChI=1S/C6H12N2/c1-4-7-8-5-6(2)3/h4-6H,1-3H3/b7-4-,8-5-. The first-order valence-corrected chi connectivity index (χ1v) is 2.78. The van der Waals surface area contributed by atoms with Gasteiger partial charge >= 0.3 is 0 Å². The van der Waals surface area contributed by atoms with Crippen molar-refractivity contribution in [2.45, 2.75) is 20.8 Å². The van der Waals surface area contributed by atoms with Crippen LogP contribution >= 0.6 is 0 Å². The zero-order valence-corrected chi connectivity index (χ0v) is 5.63. The van der Waals surface area contributed by atoms with Gasteiger partial charge in [0.25, 0.3) is 0 Å². The molecule has 0 N–H and O–H groups in total. The highest BCUT2D eigenvalue weighted by molar-refractivity contribution is 5.61. The zero-order chi connectivity index (χ0) is 6.41. The van der Waals surface area contributed by atoms with Gasteiger partial charge in [-0.3, -0.25) is 0 Å². The van der Waals surface area contributed by atoms with E-state index in [9.17, 15) is 0 Å². The fraction of sp³-hybridized carbons (Fsp3) is 0.667. The van der Waals surface area contributed by atoms with Crippen molar-refractivity contribution in [3.05, 3.63) is 0 Å². The molecule has 0 atom stereocenters. The maximum absolute atomic E-state index is 3.73. The van der Waals surface area contributed by atoms with Crippen molar-refractivity contribution in [1.29, 1.82) is 0 Å². The van der Waals surface area contributed by atoms with Gasteiger partial charge in [0, 0.05) is 12.4 Å². The lowest BCUT2D eigenvalue weighted by Gasteiger charge is -1.86. The Morgan fingerprint density at radius 2 is 1.88 bits per heavy atom. The average molecular weight is 112 g/mol. The first-order valence-electron chi connectivity index (χ1n) is 2.78. The van der Waals surface area contributed by atoms with E-state index in [1.165, 1.54) is 0 Å². The molecule has 8 heavy (non-hydrogen) atoms. The molecule has 0 aliphatic heterocycles. The van der Waals surface area contributed by atoms with Crippen LogP contribution in [0.4, 0.5) is 0 Å². The van der Waals surface area contributed by atoms with Gasteiger partial charge in [0.05, 0.1) is 0 Å². The predicted molar refractivity (Wildman–Crippen MR) is 37.5 cm³/mol. The molecule has 0 saturated carbocycles. The summed E-state index contributed by atoms with van der Waals surface area (Å²) in [6.45, 7) is 5.97. The number of nitrogens with zero attached hydrogens (tertiary/aromatic N) is 2. The molecule has 0 aromatic heterocycles. The van der Waals surface area contributed by atoms with Crippen molar-refractivity contribution in [3.63, 3.8) is 0 Å². The second-order valence-electron chi connectivity index (χ2n) is 1.88. The van der Waals surface area contributed by atoms with Gasteiger partial charge in [0.15, 0.2) is 0 Å². The fourth-order valence-electron chi connectivity index (χ4n) is 0.238. The van der Waals surface area contributed by atoms with Gasteiger partial charge in [-0.05, 0) is 12.8 Å². The van der Waals surface area contributed by atoms with Gasteiger partial charge in [0.2, 0.25) is 0 Å². The smallest absolute Gasteiger partial charge is 0.0295 e. The van der Waals surface area contributed by atoms with Crippen LogP contribution in [-0.2, 0) is 0 Å². The van der Waals surface area contributed by atoms with Crippen molar-refractivity contribution in [3.8, 4) is 0 Å². The van der Waals surface area contributed by atoms with Crippen LogP contribution in [-0.4, -0.2) is 12.4 Å². The molecule has 0 saturated heterocycles.